The number of halogens is 4. The second-order valence-corrected chi connectivity index (χ2v) is 12.7. The van der Waals surface area contributed by atoms with Gasteiger partial charge in [0, 0.05) is 54.0 Å². The van der Waals surface area contributed by atoms with Crippen molar-refractivity contribution in [2.45, 2.75) is 18.0 Å². The molecule has 4 rings (SSSR count). The Labute approximate surface area is 276 Å². The minimum Gasteiger partial charge on any atom is -0.457 e. The van der Waals surface area contributed by atoms with E-state index in [0.717, 1.165) is 17.7 Å². The summed E-state index contributed by atoms with van der Waals surface area (Å²) in [4.78, 5) is 27.6. The number of ether oxygens (including phenoxy) is 1. The molecule has 0 unspecified atom stereocenters. The number of amides is 3. The lowest BCUT2D eigenvalue weighted by atomic mass is 10.2. The van der Waals surface area contributed by atoms with Crippen LogP contribution < -0.4 is 20.7 Å². The number of benzene rings is 3. The van der Waals surface area contributed by atoms with Crippen molar-refractivity contribution in [3.05, 3.63) is 107 Å². The van der Waals surface area contributed by atoms with Crippen LogP contribution in [0.15, 0.2) is 90.0 Å². The molecule has 0 fully saturated rings. The Kier molecular flexibility index (Phi) is 14.3. The molecule has 0 aliphatic rings. The SMILES string of the molecule is CNC(=O)c1cc(Oc2ccc(NC(=O)Nc3ccc(Cl)c(C(F)(F)F)c3)cc2)ccn1.CS(C)=O.Cc1ccc(S(=O)(=O)O)cc1. The van der Waals surface area contributed by atoms with Gasteiger partial charge in [0.25, 0.3) is 16.0 Å². The highest BCUT2D eigenvalue weighted by Gasteiger charge is 2.33. The molecule has 3 aromatic carbocycles. The number of hydrogen-bond acceptors (Lipinski definition) is 7. The van der Waals surface area contributed by atoms with Crippen molar-refractivity contribution in [2.75, 3.05) is 30.2 Å². The molecule has 0 radical (unpaired) electrons. The molecule has 1 heterocycles. The smallest absolute Gasteiger partial charge is 0.417 e. The third-order valence-corrected chi connectivity index (χ3v) is 6.58. The van der Waals surface area contributed by atoms with Gasteiger partial charge in [-0.15, -0.1) is 0 Å². The number of rotatable bonds is 6. The van der Waals surface area contributed by atoms with Gasteiger partial charge < -0.3 is 20.7 Å². The summed E-state index contributed by atoms with van der Waals surface area (Å²) in [6, 6.07) is 17.6. The Morgan fingerprint density at radius 2 is 1.45 bits per heavy atom. The van der Waals surface area contributed by atoms with Gasteiger partial charge in [-0.1, -0.05) is 29.3 Å². The van der Waals surface area contributed by atoms with Gasteiger partial charge in [0.15, 0.2) is 0 Å². The highest BCUT2D eigenvalue weighted by molar-refractivity contribution is 7.85. The van der Waals surface area contributed by atoms with E-state index in [1.807, 2.05) is 6.92 Å². The van der Waals surface area contributed by atoms with Crippen LogP contribution in [-0.4, -0.2) is 53.7 Å². The van der Waals surface area contributed by atoms with E-state index in [2.05, 4.69) is 20.9 Å². The molecule has 0 aliphatic heterocycles. The first-order valence-electron chi connectivity index (χ1n) is 13.1. The van der Waals surface area contributed by atoms with E-state index in [9.17, 15) is 35.4 Å². The number of aryl methyl sites for hydroxylation is 1. The van der Waals surface area contributed by atoms with Crippen LogP contribution in [0.1, 0.15) is 21.6 Å². The summed E-state index contributed by atoms with van der Waals surface area (Å²) in [6.07, 6.45) is 0.0676. The molecular formula is C30H30ClF3N4O7S2. The second-order valence-electron chi connectivity index (χ2n) is 9.38. The van der Waals surface area contributed by atoms with Crippen molar-refractivity contribution in [3.8, 4) is 11.5 Å². The number of carbonyl (C=O) groups is 2. The molecule has 47 heavy (non-hydrogen) atoms. The maximum Gasteiger partial charge on any atom is 0.417 e. The fourth-order valence-corrected chi connectivity index (χ4v) is 4.00. The molecular weight excluding hydrogens is 685 g/mol. The van der Waals surface area contributed by atoms with Crippen LogP contribution in [0.4, 0.5) is 29.3 Å². The second kappa shape index (κ2) is 17.4. The summed E-state index contributed by atoms with van der Waals surface area (Å²) in [6.45, 7) is 1.84. The molecule has 0 saturated carbocycles. The third kappa shape index (κ3) is 13.8. The lowest BCUT2D eigenvalue weighted by Gasteiger charge is -2.12. The van der Waals surface area contributed by atoms with Gasteiger partial charge in [-0.3, -0.25) is 18.5 Å². The van der Waals surface area contributed by atoms with Crippen LogP contribution in [0.2, 0.25) is 5.02 Å². The van der Waals surface area contributed by atoms with E-state index in [-0.39, 0.29) is 22.2 Å². The Hall–Kier alpha value is -4.51. The number of aromatic nitrogens is 1. The lowest BCUT2D eigenvalue weighted by molar-refractivity contribution is -0.137. The van der Waals surface area contributed by atoms with E-state index in [4.69, 9.17) is 20.9 Å². The fraction of sp³-hybridized carbons (Fsp3) is 0.167. The summed E-state index contributed by atoms with van der Waals surface area (Å²) in [5.41, 5.74) is 0.409. The average molecular weight is 715 g/mol. The first kappa shape index (κ1) is 38.7. The van der Waals surface area contributed by atoms with Crippen LogP contribution in [-0.2, 0) is 27.1 Å². The van der Waals surface area contributed by atoms with E-state index in [1.165, 1.54) is 37.5 Å². The van der Waals surface area contributed by atoms with Crippen LogP contribution in [0, 0.1) is 6.92 Å². The zero-order valence-electron chi connectivity index (χ0n) is 25.3. The fourth-order valence-electron chi connectivity index (χ4n) is 3.29. The molecule has 0 aliphatic carbocycles. The molecule has 1 aromatic heterocycles. The van der Waals surface area contributed by atoms with Gasteiger partial charge in [-0.2, -0.15) is 21.6 Å². The van der Waals surface area contributed by atoms with Crippen LogP contribution in [0.5, 0.6) is 11.5 Å². The molecule has 0 spiro atoms. The zero-order valence-corrected chi connectivity index (χ0v) is 27.6. The number of anilines is 2. The highest BCUT2D eigenvalue weighted by atomic mass is 35.5. The number of alkyl halides is 3. The molecule has 17 heteroatoms. The summed E-state index contributed by atoms with van der Waals surface area (Å²) < 4.78 is 83.6. The maximum absolute atomic E-state index is 12.9. The normalized spacial score (nSPS) is 10.9. The number of pyridine rings is 1. The van der Waals surface area contributed by atoms with E-state index in [1.54, 1.807) is 55.0 Å². The number of carbonyl (C=O) groups excluding carboxylic acids is 2. The van der Waals surface area contributed by atoms with Crippen LogP contribution in [0.3, 0.4) is 0 Å². The Morgan fingerprint density at radius 3 is 1.98 bits per heavy atom. The highest BCUT2D eigenvalue weighted by Crippen LogP contribution is 2.36. The van der Waals surface area contributed by atoms with E-state index >= 15 is 0 Å². The molecule has 4 N–H and O–H groups in total. The minimum absolute atomic E-state index is 0.0659. The van der Waals surface area contributed by atoms with Gasteiger partial charge in [0.05, 0.1) is 15.5 Å². The number of urea groups is 1. The van der Waals surface area contributed by atoms with E-state index < -0.39 is 43.7 Å². The molecule has 0 saturated heterocycles. The van der Waals surface area contributed by atoms with Gasteiger partial charge in [-0.25, -0.2) is 4.79 Å². The van der Waals surface area contributed by atoms with Gasteiger partial charge in [0.2, 0.25) is 0 Å². The standard InChI is InChI=1S/C21H16ClF3N4O3.C7H8O3S.C2H6OS/c1-26-19(30)18-11-15(8-9-27-18)32-14-5-2-12(3-6-14)28-20(31)29-13-4-7-17(22)16(10-13)21(23,24)25;1-6-2-4-7(5-3-6)11(8,9)10;1-4(2)3/h2-11H,1H3,(H,26,30)(H2,28,29,31);2-5H,1H3,(H,8,9,10);1-2H3. The quantitative estimate of drug-likeness (QED) is 0.159. The molecule has 4 aromatic rings. The lowest BCUT2D eigenvalue weighted by Crippen LogP contribution is -2.19. The summed E-state index contributed by atoms with van der Waals surface area (Å²) in [5.74, 6) is 0.460. The topological polar surface area (TPSA) is 164 Å². The number of nitrogens with zero attached hydrogens (tertiary/aromatic N) is 1. The largest absolute Gasteiger partial charge is 0.457 e. The van der Waals surface area contributed by atoms with Crippen molar-refractivity contribution >= 4 is 55.8 Å². The predicted octanol–water partition coefficient (Wildman–Crippen LogP) is 6.79. The monoisotopic (exact) mass is 714 g/mol. The van der Waals surface area contributed by atoms with Gasteiger partial charge >= 0.3 is 12.2 Å². The minimum atomic E-state index is -4.64. The van der Waals surface area contributed by atoms with Crippen molar-refractivity contribution < 1.29 is 44.7 Å². The average Bonchev–Trinajstić information content (AvgIpc) is 2.98. The van der Waals surface area contributed by atoms with Crippen molar-refractivity contribution in [1.29, 1.82) is 0 Å². The summed E-state index contributed by atoms with van der Waals surface area (Å²) >= 11 is 5.57. The number of nitrogens with one attached hydrogen (secondary N) is 3. The van der Waals surface area contributed by atoms with Gasteiger partial charge in [-0.05, 0) is 67.6 Å². The third-order valence-electron chi connectivity index (χ3n) is 5.39. The summed E-state index contributed by atoms with van der Waals surface area (Å²) in [5, 5.41) is 6.83. The molecule has 0 bridgehead atoms. The predicted molar refractivity (Wildman–Crippen MR) is 174 cm³/mol. The maximum atomic E-state index is 12.9. The Bertz CT molecular complexity index is 1800. The van der Waals surface area contributed by atoms with Crippen molar-refractivity contribution in [2.24, 2.45) is 0 Å². The van der Waals surface area contributed by atoms with Gasteiger partial charge in [0.1, 0.15) is 17.2 Å². The zero-order chi connectivity index (χ0) is 35.4. The first-order chi connectivity index (χ1) is 21.9. The van der Waals surface area contributed by atoms with Crippen LogP contribution in [0.25, 0.3) is 0 Å². The Morgan fingerprint density at radius 1 is 0.894 bits per heavy atom. The Balaban J connectivity index is 0.000000423. The van der Waals surface area contributed by atoms with Crippen LogP contribution >= 0.6 is 11.6 Å². The van der Waals surface area contributed by atoms with Crippen molar-refractivity contribution in [3.63, 3.8) is 0 Å². The molecule has 11 nitrogen and oxygen atoms in total. The van der Waals surface area contributed by atoms with Crippen molar-refractivity contribution in [1.82, 2.24) is 10.3 Å². The number of hydrogen-bond donors (Lipinski definition) is 4. The molecule has 252 valence electrons. The molecule has 0 atom stereocenters. The van der Waals surface area contributed by atoms with E-state index in [0.29, 0.717) is 17.2 Å². The summed E-state index contributed by atoms with van der Waals surface area (Å²) in [7, 11) is -3.14. The molecule has 3 amide bonds. The first-order valence-corrected chi connectivity index (χ1v) is 16.9.